The summed E-state index contributed by atoms with van der Waals surface area (Å²) in [5, 5.41) is 4.90. The number of aromatic nitrogens is 1. The van der Waals surface area contributed by atoms with E-state index in [1.54, 1.807) is 0 Å². The SMILES string of the molecule is CC1(N)CCCCC1C(=O)NCCc1c[nH]c2ccc(Cl)cc12. The minimum atomic E-state index is -0.378. The molecule has 1 aromatic heterocycles. The quantitative estimate of drug-likeness (QED) is 0.802. The molecule has 2 atom stereocenters. The molecule has 1 fully saturated rings. The Balaban J connectivity index is 1.60. The summed E-state index contributed by atoms with van der Waals surface area (Å²) < 4.78 is 0. The first-order valence-corrected chi connectivity index (χ1v) is 8.67. The maximum absolute atomic E-state index is 12.4. The highest BCUT2D eigenvalue weighted by Crippen LogP contribution is 2.31. The standard InChI is InChI=1S/C18H24ClN3O/c1-18(20)8-3-2-4-15(18)17(23)21-9-7-12-11-22-16-6-5-13(19)10-14(12)16/h5-6,10-11,15,22H,2-4,7-9,20H2,1H3,(H,21,23). The Morgan fingerprint density at radius 1 is 1.48 bits per heavy atom. The summed E-state index contributed by atoms with van der Waals surface area (Å²) in [7, 11) is 0. The molecule has 0 radical (unpaired) electrons. The Morgan fingerprint density at radius 3 is 3.09 bits per heavy atom. The van der Waals surface area contributed by atoms with Crippen LogP contribution in [-0.4, -0.2) is 23.0 Å². The smallest absolute Gasteiger partial charge is 0.224 e. The second kappa shape index (κ2) is 6.54. The van der Waals surface area contributed by atoms with Crippen LogP contribution in [0.2, 0.25) is 5.02 Å². The van der Waals surface area contributed by atoms with Gasteiger partial charge in [0.2, 0.25) is 5.91 Å². The van der Waals surface area contributed by atoms with Gasteiger partial charge in [-0.15, -0.1) is 0 Å². The molecule has 124 valence electrons. The molecule has 0 bridgehead atoms. The van der Waals surface area contributed by atoms with Crippen LogP contribution in [0.1, 0.15) is 38.2 Å². The molecule has 23 heavy (non-hydrogen) atoms. The summed E-state index contributed by atoms with van der Waals surface area (Å²) in [5.41, 5.74) is 8.16. The lowest BCUT2D eigenvalue weighted by Crippen LogP contribution is -2.53. The number of nitrogens with one attached hydrogen (secondary N) is 2. The number of benzene rings is 1. The van der Waals surface area contributed by atoms with Crippen LogP contribution in [0.15, 0.2) is 24.4 Å². The Kier molecular flexibility index (Phi) is 4.64. The molecule has 1 amide bonds. The van der Waals surface area contributed by atoms with Gasteiger partial charge >= 0.3 is 0 Å². The fraction of sp³-hybridized carbons (Fsp3) is 0.500. The van der Waals surface area contributed by atoms with Gasteiger partial charge in [0.05, 0.1) is 5.92 Å². The van der Waals surface area contributed by atoms with Crippen molar-refractivity contribution < 1.29 is 4.79 Å². The van der Waals surface area contributed by atoms with Gasteiger partial charge < -0.3 is 16.0 Å². The molecule has 2 aromatic rings. The van der Waals surface area contributed by atoms with Gasteiger partial charge in [-0.05, 0) is 49.9 Å². The highest BCUT2D eigenvalue weighted by molar-refractivity contribution is 6.31. The third-order valence-electron chi connectivity index (χ3n) is 4.99. The minimum Gasteiger partial charge on any atom is -0.361 e. The number of H-pyrrole nitrogens is 1. The summed E-state index contributed by atoms with van der Waals surface area (Å²) in [4.78, 5) is 15.7. The average Bonchev–Trinajstić information content (AvgIpc) is 2.89. The number of rotatable bonds is 4. The van der Waals surface area contributed by atoms with Crippen LogP contribution in [0.3, 0.4) is 0 Å². The largest absolute Gasteiger partial charge is 0.361 e. The number of fused-ring (bicyclic) bond motifs is 1. The van der Waals surface area contributed by atoms with E-state index in [-0.39, 0.29) is 17.4 Å². The van der Waals surface area contributed by atoms with E-state index in [9.17, 15) is 4.79 Å². The van der Waals surface area contributed by atoms with E-state index in [0.717, 1.165) is 48.0 Å². The van der Waals surface area contributed by atoms with Crippen LogP contribution >= 0.6 is 11.6 Å². The van der Waals surface area contributed by atoms with Crippen molar-refractivity contribution in [3.8, 4) is 0 Å². The number of carbonyl (C=O) groups is 1. The van der Waals surface area contributed by atoms with E-state index in [1.807, 2.05) is 31.3 Å². The van der Waals surface area contributed by atoms with Crippen molar-refractivity contribution in [2.75, 3.05) is 6.54 Å². The van der Waals surface area contributed by atoms with Crippen LogP contribution in [0.4, 0.5) is 0 Å². The van der Waals surface area contributed by atoms with E-state index in [1.165, 1.54) is 5.56 Å². The number of halogens is 1. The molecule has 1 heterocycles. The van der Waals surface area contributed by atoms with Crippen LogP contribution < -0.4 is 11.1 Å². The Morgan fingerprint density at radius 2 is 2.30 bits per heavy atom. The van der Waals surface area contributed by atoms with Crippen molar-refractivity contribution >= 4 is 28.4 Å². The third-order valence-corrected chi connectivity index (χ3v) is 5.23. The van der Waals surface area contributed by atoms with Gasteiger partial charge in [-0.3, -0.25) is 4.79 Å². The van der Waals surface area contributed by atoms with Crippen molar-refractivity contribution in [2.24, 2.45) is 11.7 Å². The van der Waals surface area contributed by atoms with Crippen LogP contribution in [0, 0.1) is 5.92 Å². The Labute approximate surface area is 141 Å². The highest BCUT2D eigenvalue weighted by Gasteiger charge is 2.37. The third kappa shape index (κ3) is 3.54. The van der Waals surface area contributed by atoms with Gasteiger partial charge in [0.15, 0.2) is 0 Å². The zero-order chi connectivity index (χ0) is 16.4. The second-order valence-corrected chi connectivity index (χ2v) is 7.29. The zero-order valence-electron chi connectivity index (χ0n) is 13.5. The first-order chi connectivity index (χ1) is 11.0. The molecule has 2 unspecified atom stereocenters. The molecule has 5 heteroatoms. The van der Waals surface area contributed by atoms with Crippen LogP contribution in [-0.2, 0) is 11.2 Å². The first-order valence-electron chi connectivity index (χ1n) is 8.29. The van der Waals surface area contributed by atoms with Gasteiger partial charge in [-0.1, -0.05) is 24.4 Å². The molecule has 3 rings (SSSR count). The van der Waals surface area contributed by atoms with Crippen molar-refractivity contribution in [2.45, 2.75) is 44.6 Å². The van der Waals surface area contributed by atoms with Crippen molar-refractivity contribution in [3.63, 3.8) is 0 Å². The van der Waals surface area contributed by atoms with E-state index < -0.39 is 0 Å². The lowest BCUT2D eigenvalue weighted by Gasteiger charge is -2.37. The molecule has 4 N–H and O–H groups in total. The summed E-state index contributed by atoms with van der Waals surface area (Å²) in [5.74, 6) is 0.0150. The molecule has 0 aliphatic heterocycles. The number of aromatic amines is 1. The predicted molar refractivity (Wildman–Crippen MR) is 94.6 cm³/mol. The van der Waals surface area contributed by atoms with Gasteiger partial charge in [-0.2, -0.15) is 0 Å². The summed E-state index contributed by atoms with van der Waals surface area (Å²) >= 11 is 6.07. The number of amides is 1. The molecular formula is C18H24ClN3O. The molecule has 0 spiro atoms. The van der Waals surface area contributed by atoms with Crippen LogP contribution in [0.5, 0.6) is 0 Å². The van der Waals surface area contributed by atoms with Crippen molar-refractivity contribution in [3.05, 3.63) is 35.0 Å². The number of nitrogens with two attached hydrogens (primary N) is 1. The monoisotopic (exact) mass is 333 g/mol. The van der Waals surface area contributed by atoms with Crippen LogP contribution in [0.25, 0.3) is 10.9 Å². The van der Waals surface area contributed by atoms with E-state index >= 15 is 0 Å². The number of hydrogen-bond acceptors (Lipinski definition) is 2. The van der Waals surface area contributed by atoms with Crippen molar-refractivity contribution in [1.82, 2.24) is 10.3 Å². The topological polar surface area (TPSA) is 70.9 Å². The second-order valence-electron chi connectivity index (χ2n) is 6.85. The highest BCUT2D eigenvalue weighted by atomic mass is 35.5. The maximum atomic E-state index is 12.4. The molecular weight excluding hydrogens is 310 g/mol. The van der Waals surface area contributed by atoms with Gasteiger partial charge in [-0.25, -0.2) is 0 Å². The number of hydrogen-bond donors (Lipinski definition) is 3. The minimum absolute atomic E-state index is 0.0753. The molecule has 4 nitrogen and oxygen atoms in total. The normalized spacial score (nSPS) is 24.7. The average molecular weight is 334 g/mol. The van der Waals surface area contributed by atoms with Gasteiger partial charge in [0.25, 0.3) is 0 Å². The predicted octanol–water partition coefficient (Wildman–Crippen LogP) is 3.39. The lowest BCUT2D eigenvalue weighted by atomic mass is 9.74. The first kappa shape index (κ1) is 16.3. The zero-order valence-corrected chi connectivity index (χ0v) is 14.2. The van der Waals surface area contributed by atoms with Gasteiger partial charge in [0, 0.05) is 34.2 Å². The molecule has 1 aliphatic carbocycles. The molecule has 1 saturated carbocycles. The van der Waals surface area contributed by atoms with E-state index in [0.29, 0.717) is 6.54 Å². The van der Waals surface area contributed by atoms with E-state index in [4.69, 9.17) is 17.3 Å². The Hall–Kier alpha value is -1.52. The van der Waals surface area contributed by atoms with Crippen molar-refractivity contribution in [1.29, 1.82) is 0 Å². The van der Waals surface area contributed by atoms with Gasteiger partial charge in [0.1, 0.15) is 0 Å². The summed E-state index contributed by atoms with van der Waals surface area (Å²) in [6.45, 7) is 2.61. The summed E-state index contributed by atoms with van der Waals surface area (Å²) in [6, 6.07) is 5.81. The maximum Gasteiger partial charge on any atom is 0.224 e. The Bertz CT molecular complexity index is 707. The fourth-order valence-corrected chi connectivity index (χ4v) is 3.76. The lowest BCUT2D eigenvalue weighted by molar-refractivity contribution is -0.128. The molecule has 1 aliphatic rings. The van der Waals surface area contributed by atoms with E-state index in [2.05, 4.69) is 10.3 Å². The molecule has 1 aromatic carbocycles. The molecule has 0 saturated heterocycles. The number of carbonyl (C=O) groups excluding carboxylic acids is 1. The summed E-state index contributed by atoms with van der Waals surface area (Å²) in [6.07, 6.45) is 6.78. The fourth-order valence-electron chi connectivity index (χ4n) is 3.59.